The normalized spacial score (nSPS) is 15.5. The van der Waals surface area contributed by atoms with Crippen molar-refractivity contribution in [1.29, 1.82) is 0 Å². The predicted octanol–water partition coefficient (Wildman–Crippen LogP) is 13.9. The lowest BCUT2D eigenvalue weighted by molar-refractivity contribution is -0.138. The number of carbonyl (C=O) groups excluding carboxylic acids is 5. The monoisotopic (exact) mass is 1700 g/mol. The van der Waals surface area contributed by atoms with Crippen LogP contribution < -0.4 is 57.7 Å². The van der Waals surface area contributed by atoms with Crippen LogP contribution in [-0.4, -0.2) is 143 Å². The second-order valence-corrected chi connectivity index (χ2v) is 50.5. The van der Waals surface area contributed by atoms with E-state index < -0.39 is 103 Å². The number of amides is 5. The summed E-state index contributed by atoms with van der Waals surface area (Å²) >= 11 is 0. The van der Waals surface area contributed by atoms with Gasteiger partial charge in [-0.1, -0.05) is 256 Å². The first-order valence-corrected chi connectivity index (χ1v) is 50.1. The van der Waals surface area contributed by atoms with Crippen LogP contribution in [0.15, 0.2) is 218 Å². The molecule has 0 aliphatic carbocycles. The molecule has 642 valence electrons. The lowest BCUT2D eigenvalue weighted by Gasteiger charge is -2.45. The summed E-state index contributed by atoms with van der Waals surface area (Å²) < 4.78 is 61.3. The Bertz CT molecular complexity index is 4500. The number of quaternary nitrogens is 1. The van der Waals surface area contributed by atoms with E-state index in [1.54, 1.807) is 19.1 Å². The molecule has 0 fully saturated rings. The van der Waals surface area contributed by atoms with Gasteiger partial charge < -0.3 is 80.7 Å². The Morgan fingerprint density at radius 1 is 0.454 bits per heavy atom. The lowest BCUT2D eigenvalue weighted by atomic mass is 9.95. The van der Waals surface area contributed by atoms with Crippen molar-refractivity contribution in [2.45, 2.75) is 231 Å². The Morgan fingerprint density at radius 3 is 1.33 bits per heavy atom. The Morgan fingerprint density at radius 2 is 0.857 bits per heavy atom. The van der Waals surface area contributed by atoms with Gasteiger partial charge in [-0.3, -0.25) is 28.5 Å². The van der Waals surface area contributed by atoms with Gasteiger partial charge in [-0.05, 0) is 119 Å². The van der Waals surface area contributed by atoms with Crippen molar-refractivity contribution in [3.05, 3.63) is 263 Å². The maximum Gasteiger partial charge on any atom is 0.255 e. The Labute approximate surface area is 716 Å². The Balaban J connectivity index is 0.0000176. The third-order valence-electron chi connectivity index (χ3n) is 23.2. The second-order valence-electron chi connectivity index (χ2n) is 36.2. The molecule has 1 aliphatic rings. The molecule has 8 aromatic carbocycles. The van der Waals surface area contributed by atoms with E-state index in [2.05, 4.69) is 142 Å². The number of halogens is 1. The molecule has 8 aromatic rings. The summed E-state index contributed by atoms with van der Waals surface area (Å²) in [5, 5.41) is 14.9. The van der Waals surface area contributed by atoms with E-state index in [4.69, 9.17) is 41.7 Å². The van der Waals surface area contributed by atoms with Gasteiger partial charge in [-0.15, -0.1) is 0 Å². The summed E-state index contributed by atoms with van der Waals surface area (Å²) in [6.07, 6.45) is -2.41. The number of ether oxygens (including phenoxy) is 6. The molecule has 0 aromatic heterocycles. The number of likely N-dealkylation sites (N-methyl/N-ethyl adjacent to an activating group) is 1. The number of benzene rings is 8. The molecule has 8 atom stereocenters. The molecule has 0 spiro atoms. The zero-order valence-electron chi connectivity index (χ0n) is 73.1. The first kappa shape index (κ1) is 95.6. The van der Waals surface area contributed by atoms with Gasteiger partial charge >= 0.3 is 0 Å². The van der Waals surface area contributed by atoms with Gasteiger partial charge in [0.25, 0.3) is 5.91 Å². The molecule has 0 unspecified atom stereocenters. The zero-order valence-corrected chi connectivity index (χ0v) is 76.9. The van der Waals surface area contributed by atoms with Gasteiger partial charge in [-0.2, -0.15) is 0 Å². The van der Waals surface area contributed by atoms with Crippen molar-refractivity contribution in [2.75, 3.05) is 40.5 Å². The van der Waals surface area contributed by atoms with Crippen LogP contribution in [0, 0.1) is 0 Å². The quantitative estimate of drug-likeness (QED) is 0.0177. The summed E-state index contributed by atoms with van der Waals surface area (Å²) in [6.45, 7) is 35.1. The lowest BCUT2D eigenvalue weighted by Crippen LogP contribution is -3.00. The van der Waals surface area contributed by atoms with E-state index in [9.17, 15) is 0 Å². The van der Waals surface area contributed by atoms with Crippen LogP contribution >= 0.6 is 0 Å². The summed E-state index contributed by atoms with van der Waals surface area (Å²) in [7, 11) is -3.97. The number of fused-ring (bicyclic) bond motifs is 1. The van der Waals surface area contributed by atoms with E-state index in [0.29, 0.717) is 53.5 Å². The zero-order chi connectivity index (χ0) is 85.5. The van der Waals surface area contributed by atoms with Gasteiger partial charge in [0.15, 0.2) is 36.5 Å². The highest BCUT2D eigenvalue weighted by Gasteiger charge is 2.47. The van der Waals surface area contributed by atoms with Gasteiger partial charge in [-0.25, -0.2) is 0 Å². The average Bonchev–Trinajstić information content (AvgIpc) is 0.762. The number of rotatable bonds is 42. The number of carbonyl (C=O) groups is 5. The van der Waals surface area contributed by atoms with Crippen LogP contribution in [0.1, 0.15) is 131 Å². The van der Waals surface area contributed by atoms with Gasteiger partial charge in [0.05, 0.1) is 96.1 Å². The molecule has 24 heteroatoms. The molecule has 0 radical (unpaired) electrons. The number of hydrogen-bond donors (Lipinski definition) is 5. The van der Waals surface area contributed by atoms with Crippen molar-refractivity contribution in [3.63, 3.8) is 0 Å². The van der Waals surface area contributed by atoms with Crippen LogP contribution in [0.25, 0.3) is 0 Å². The summed E-state index contributed by atoms with van der Waals surface area (Å²) in [5.74, 6) is -1.42. The highest BCUT2D eigenvalue weighted by molar-refractivity contribution is 6.75. The second kappa shape index (κ2) is 43.6. The number of hydrogen-bond acceptors (Lipinski definition) is 14. The van der Waals surface area contributed by atoms with E-state index in [0.717, 1.165) is 44.6 Å². The SMILES string of the molecule is C[C@@H](OCc1ccccc1)[C@H](NC(=O)C[C@@H](C[C@H](O[Si](C)(C)C(C)(C)C)[C@H](CO[Si](C)(C)C(C)(C)C)NC(=O)c1ccccc1OCc1ccccc1)O[Si](C)(C)C(C)(C)C)C(=O)N[C@H](COCc1ccccc1)C(=O)N[C@@H](COCc1ccccc1)C(=O)N[C@H]1Cc2cc(OCc3ccccc3)c(OCc3ccccc3)cc2[N+](C)(C)C1.[Cl-]. The molecule has 0 saturated carbocycles. The fourth-order valence-electron chi connectivity index (χ4n) is 13.2. The molecule has 1 heterocycles. The Hall–Kier alpha value is -8.83. The third-order valence-corrected chi connectivity index (χ3v) is 36.8. The van der Waals surface area contributed by atoms with Crippen LogP contribution in [0.4, 0.5) is 5.69 Å². The van der Waals surface area contributed by atoms with Crippen LogP contribution in [0.2, 0.25) is 54.4 Å². The fourth-order valence-corrected chi connectivity index (χ4v) is 16.9. The molecule has 5 N–H and O–H groups in total. The number of para-hydroxylation sites is 1. The molecule has 1 aliphatic heterocycles. The maximum absolute atomic E-state index is 15.8. The highest BCUT2D eigenvalue weighted by Crippen LogP contribution is 2.44. The molecule has 0 saturated heterocycles. The fraction of sp³-hybridized carbons (Fsp3) is 0.442. The van der Waals surface area contributed by atoms with Crippen LogP contribution in [0.5, 0.6) is 17.2 Å². The van der Waals surface area contributed by atoms with Crippen LogP contribution in [0.3, 0.4) is 0 Å². The first-order chi connectivity index (χ1) is 55.8. The molecule has 0 bridgehead atoms. The van der Waals surface area contributed by atoms with Gasteiger partial charge in [0.1, 0.15) is 55.9 Å². The molecule has 20 nitrogen and oxygen atoms in total. The minimum absolute atomic E-state index is 0. The van der Waals surface area contributed by atoms with E-state index in [1.807, 2.05) is 206 Å². The summed E-state index contributed by atoms with van der Waals surface area (Å²) in [5.41, 5.74) is 7.69. The standard InChI is InChI=1S/C95H128N6O14Si3.ClH/c1-68(109-61-71-43-29-21-30-44-71)88(100-87(102)56-77(114-117(15,16)94(5,6)7)55-84(115-118(17,18)95(8,9)10)79(67-113-116(13,14)93(2,3)4)97-89(103)78-51-37-38-52-83(78)110-62-72-45-31-22-32-46-72)92(106)99-81(66-108-60-70-41-27-20-28-42-70)91(105)98-80(65-107-59-69-39-25-19-26-40-69)90(104)96-76-53-75-54-85(111-63-73-47-33-23-34-48-73)86(57-82(75)101(11,12)58-76)112-64-74-49-35-24-36-50-74;/h19-52,54,57,68,76-77,79-81,84,88H,53,55-56,58-67H2,1-18H3,(H4-,96,97,98,99,100,102,103,104,105,106);1H/t68-,76+,77-,79+,80+,81-,84+,88+;/m1./s1. The molecule has 5 amide bonds. The first-order valence-electron chi connectivity index (χ1n) is 41.3. The maximum atomic E-state index is 15.8. The smallest absolute Gasteiger partial charge is 0.255 e. The minimum atomic E-state index is -2.81. The third kappa shape index (κ3) is 28.9. The molecule has 119 heavy (non-hydrogen) atoms. The van der Waals surface area contributed by atoms with E-state index in [-0.39, 0.29) is 86.6 Å². The van der Waals surface area contributed by atoms with E-state index >= 15 is 24.0 Å². The number of nitrogens with zero attached hydrogens (tertiary/aromatic N) is 1. The van der Waals surface area contributed by atoms with E-state index in [1.165, 1.54) is 0 Å². The summed E-state index contributed by atoms with van der Waals surface area (Å²) in [6, 6.07) is 63.9. The largest absolute Gasteiger partial charge is 1.00 e. The highest BCUT2D eigenvalue weighted by atomic mass is 35.5. The van der Waals surface area contributed by atoms with Crippen molar-refractivity contribution >= 4 is 60.2 Å². The van der Waals surface area contributed by atoms with Crippen molar-refractivity contribution in [2.24, 2.45) is 0 Å². The van der Waals surface area contributed by atoms with Crippen LogP contribution in [-0.2, 0) is 92.7 Å². The van der Waals surface area contributed by atoms with Gasteiger partial charge in [0.2, 0.25) is 23.6 Å². The molecular weight excluding hydrogens is 1570 g/mol. The Kier molecular flexibility index (Phi) is 35.0. The number of nitrogens with one attached hydrogen (secondary N) is 5. The topological polar surface area (TPSA) is 229 Å². The van der Waals surface area contributed by atoms with Crippen molar-refractivity contribution < 1.29 is 78.1 Å². The minimum Gasteiger partial charge on any atom is -1.00 e. The van der Waals surface area contributed by atoms with Crippen molar-refractivity contribution in [1.82, 2.24) is 31.1 Å². The average molecular weight is 1700 g/mol. The molecule has 9 rings (SSSR count). The molecular formula is C95H129ClN6O14Si3. The predicted molar refractivity (Wildman–Crippen MR) is 476 cm³/mol. The van der Waals surface area contributed by atoms with Gasteiger partial charge in [0, 0.05) is 18.1 Å². The van der Waals surface area contributed by atoms with Crippen molar-refractivity contribution in [3.8, 4) is 17.2 Å². The summed E-state index contributed by atoms with van der Waals surface area (Å²) in [4.78, 5) is 77.6.